The van der Waals surface area contributed by atoms with Crippen LogP contribution < -0.4 is 5.32 Å². The Hall–Kier alpha value is -0.120. The molecule has 21 heavy (non-hydrogen) atoms. The highest BCUT2D eigenvalue weighted by atomic mass is 15.2. The zero-order valence-corrected chi connectivity index (χ0v) is 14.9. The third-order valence-electron chi connectivity index (χ3n) is 6.12. The van der Waals surface area contributed by atoms with Crippen molar-refractivity contribution in [1.82, 2.24) is 15.1 Å². The summed E-state index contributed by atoms with van der Waals surface area (Å²) in [5.41, 5.74) is 0.970. The number of hydrogen-bond donors (Lipinski definition) is 1. The number of nitrogens with zero attached hydrogens (tertiary/aromatic N) is 2. The molecule has 0 unspecified atom stereocenters. The van der Waals surface area contributed by atoms with E-state index in [0.717, 1.165) is 0 Å². The fourth-order valence-corrected chi connectivity index (χ4v) is 4.71. The fourth-order valence-electron chi connectivity index (χ4n) is 4.71. The molecule has 2 aliphatic rings. The van der Waals surface area contributed by atoms with Crippen LogP contribution in [0, 0.1) is 5.41 Å². The van der Waals surface area contributed by atoms with Gasteiger partial charge in [0.15, 0.2) is 0 Å². The fraction of sp³-hybridized carbons (Fsp3) is 1.00. The Kier molecular flexibility index (Phi) is 6.10. The van der Waals surface area contributed by atoms with E-state index < -0.39 is 0 Å². The van der Waals surface area contributed by atoms with Crippen LogP contribution in [0.4, 0.5) is 0 Å². The summed E-state index contributed by atoms with van der Waals surface area (Å²) >= 11 is 0. The molecule has 124 valence electrons. The second-order valence-electron chi connectivity index (χ2n) is 8.09. The average molecular weight is 296 g/mol. The normalized spacial score (nSPS) is 24.9. The van der Waals surface area contributed by atoms with Gasteiger partial charge in [-0.25, -0.2) is 0 Å². The predicted molar refractivity (Wildman–Crippen MR) is 91.8 cm³/mol. The summed E-state index contributed by atoms with van der Waals surface area (Å²) in [7, 11) is 9.01. The summed E-state index contributed by atoms with van der Waals surface area (Å²) in [6.45, 7) is 3.70. The molecule has 0 aromatic carbocycles. The van der Waals surface area contributed by atoms with Crippen LogP contribution >= 0.6 is 0 Å². The first-order valence-electron chi connectivity index (χ1n) is 9.03. The van der Waals surface area contributed by atoms with Crippen LogP contribution in [-0.2, 0) is 0 Å². The van der Waals surface area contributed by atoms with E-state index in [1.54, 1.807) is 0 Å². The molecule has 0 saturated heterocycles. The van der Waals surface area contributed by atoms with Crippen LogP contribution in [0.5, 0.6) is 0 Å². The van der Waals surface area contributed by atoms with Gasteiger partial charge in [0.25, 0.3) is 0 Å². The zero-order valence-electron chi connectivity index (χ0n) is 14.9. The third-order valence-corrected chi connectivity index (χ3v) is 6.12. The lowest BCUT2D eigenvalue weighted by Gasteiger charge is -2.50. The molecule has 0 aromatic rings. The molecule has 0 amide bonds. The SMILES string of the molecule is CNCC1(CN(C)CC2(N(C)C)CCC2)CCCCCC1. The van der Waals surface area contributed by atoms with E-state index in [1.165, 1.54) is 77.4 Å². The van der Waals surface area contributed by atoms with Crippen molar-refractivity contribution in [3.63, 3.8) is 0 Å². The maximum absolute atomic E-state index is 3.49. The Bertz CT molecular complexity index is 302. The molecule has 0 spiro atoms. The van der Waals surface area contributed by atoms with E-state index in [-0.39, 0.29) is 0 Å². The van der Waals surface area contributed by atoms with Gasteiger partial charge in [0.2, 0.25) is 0 Å². The zero-order chi connectivity index (χ0) is 15.3. The molecule has 0 aromatic heterocycles. The maximum atomic E-state index is 3.49. The molecule has 0 atom stereocenters. The van der Waals surface area contributed by atoms with Gasteiger partial charge < -0.3 is 15.1 Å². The highest BCUT2D eigenvalue weighted by molar-refractivity contribution is 4.99. The first kappa shape index (κ1) is 17.2. The van der Waals surface area contributed by atoms with Gasteiger partial charge in [0.05, 0.1) is 0 Å². The molecule has 0 aliphatic heterocycles. The molecule has 3 nitrogen and oxygen atoms in total. The van der Waals surface area contributed by atoms with Gasteiger partial charge in [-0.15, -0.1) is 0 Å². The third kappa shape index (κ3) is 4.20. The number of hydrogen-bond acceptors (Lipinski definition) is 3. The van der Waals surface area contributed by atoms with Gasteiger partial charge >= 0.3 is 0 Å². The van der Waals surface area contributed by atoms with Crippen LogP contribution in [0.1, 0.15) is 57.8 Å². The van der Waals surface area contributed by atoms with Crippen molar-refractivity contribution < 1.29 is 0 Å². The molecule has 0 bridgehead atoms. The smallest absolute Gasteiger partial charge is 0.0330 e. The molecule has 2 fully saturated rings. The first-order valence-corrected chi connectivity index (χ1v) is 9.03. The van der Waals surface area contributed by atoms with E-state index in [0.29, 0.717) is 11.0 Å². The second-order valence-corrected chi connectivity index (χ2v) is 8.09. The molecular weight excluding hydrogens is 258 g/mol. The summed E-state index contributed by atoms with van der Waals surface area (Å²) in [6.07, 6.45) is 12.7. The molecular formula is C18H37N3. The summed E-state index contributed by atoms with van der Waals surface area (Å²) in [6, 6.07) is 0. The highest BCUT2D eigenvalue weighted by Gasteiger charge is 2.41. The number of nitrogens with one attached hydrogen (secondary N) is 1. The van der Waals surface area contributed by atoms with Crippen LogP contribution in [0.2, 0.25) is 0 Å². The van der Waals surface area contributed by atoms with Gasteiger partial charge in [0, 0.05) is 25.2 Å². The van der Waals surface area contributed by atoms with Gasteiger partial charge in [-0.1, -0.05) is 25.7 Å². The van der Waals surface area contributed by atoms with Crippen molar-refractivity contribution in [2.45, 2.75) is 63.3 Å². The van der Waals surface area contributed by atoms with Gasteiger partial charge in [-0.3, -0.25) is 0 Å². The van der Waals surface area contributed by atoms with Crippen LogP contribution in [0.15, 0.2) is 0 Å². The number of likely N-dealkylation sites (N-methyl/N-ethyl adjacent to an activating group) is 2. The molecule has 1 N–H and O–H groups in total. The summed E-state index contributed by atoms with van der Waals surface area (Å²) < 4.78 is 0. The minimum absolute atomic E-state index is 0.459. The number of rotatable bonds is 7. The van der Waals surface area contributed by atoms with Crippen LogP contribution in [-0.4, -0.2) is 63.2 Å². The van der Waals surface area contributed by atoms with Crippen molar-refractivity contribution in [2.24, 2.45) is 5.41 Å². The van der Waals surface area contributed by atoms with E-state index in [9.17, 15) is 0 Å². The monoisotopic (exact) mass is 295 g/mol. The van der Waals surface area contributed by atoms with Crippen molar-refractivity contribution in [1.29, 1.82) is 0 Å². The quantitative estimate of drug-likeness (QED) is 0.729. The Morgan fingerprint density at radius 2 is 1.43 bits per heavy atom. The Morgan fingerprint density at radius 1 is 0.810 bits per heavy atom. The minimum atomic E-state index is 0.459. The van der Waals surface area contributed by atoms with E-state index in [2.05, 4.69) is 43.3 Å². The Labute approximate surface area is 132 Å². The van der Waals surface area contributed by atoms with Gasteiger partial charge in [-0.2, -0.15) is 0 Å². The molecule has 0 heterocycles. The molecule has 2 aliphatic carbocycles. The first-order chi connectivity index (χ1) is 10.0. The Morgan fingerprint density at radius 3 is 1.86 bits per heavy atom. The standard InChI is InChI=1S/C18H37N3/c1-19-14-17(10-7-5-6-8-11-17)15-21(4)16-18(20(2)3)12-9-13-18/h19H,5-16H2,1-4H3. The summed E-state index contributed by atoms with van der Waals surface area (Å²) in [5.74, 6) is 0. The highest BCUT2D eigenvalue weighted by Crippen LogP contribution is 2.39. The van der Waals surface area contributed by atoms with E-state index >= 15 is 0 Å². The second kappa shape index (κ2) is 7.43. The topological polar surface area (TPSA) is 18.5 Å². The minimum Gasteiger partial charge on any atom is -0.319 e. The molecule has 3 heteroatoms. The molecule has 0 radical (unpaired) electrons. The lowest BCUT2D eigenvalue weighted by molar-refractivity contribution is 0.0136. The van der Waals surface area contributed by atoms with E-state index in [4.69, 9.17) is 0 Å². The van der Waals surface area contributed by atoms with Crippen molar-refractivity contribution in [2.75, 3.05) is 47.8 Å². The van der Waals surface area contributed by atoms with Crippen molar-refractivity contribution >= 4 is 0 Å². The molecule has 2 saturated carbocycles. The summed E-state index contributed by atoms with van der Waals surface area (Å²) in [5, 5.41) is 3.49. The van der Waals surface area contributed by atoms with Gasteiger partial charge in [0.1, 0.15) is 0 Å². The average Bonchev–Trinajstić information content (AvgIpc) is 2.59. The summed E-state index contributed by atoms with van der Waals surface area (Å²) in [4.78, 5) is 5.12. The lowest BCUT2D eigenvalue weighted by Crippen LogP contribution is -2.58. The van der Waals surface area contributed by atoms with Crippen LogP contribution in [0.3, 0.4) is 0 Å². The van der Waals surface area contributed by atoms with Gasteiger partial charge in [-0.05, 0) is 65.7 Å². The maximum Gasteiger partial charge on any atom is 0.0330 e. The van der Waals surface area contributed by atoms with E-state index in [1.807, 2.05) is 0 Å². The largest absolute Gasteiger partial charge is 0.319 e. The van der Waals surface area contributed by atoms with Crippen molar-refractivity contribution in [3.8, 4) is 0 Å². The molecule has 2 rings (SSSR count). The Balaban J connectivity index is 1.95. The van der Waals surface area contributed by atoms with Crippen molar-refractivity contribution in [3.05, 3.63) is 0 Å². The predicted octanol–water partition coefficient (Wildman–Crippen LogP) is 2.96. The lowest BCUT2D eigenvalue weighted by atomic mass is 9.74. The van der Waals surface area contributed by atoms with Crippen LogP contribution in [0.25, 0.3) is 0 Å².